The van der Waals surface area contributed by atoms with Crippen molar-refractivity contribution in [3.8, 4) is 22.3 Å². The lowest BCUT2D eigenvalue weighted by molar-refractivity contribution is 1.29. The van der Waals surface area contributed by atoms with Gasteiger partial charge in [-0.1, -0.05) is 115 Å². The molecule has 0 N–H and O–H groups in total. The molecule has 0 radical (unpaired) electrons. The summed E-state index contributed by atoms with van der Waals surface area (Å²) in [6.07, 6.45) is 0. The fraction of sp³-hybridized carbons (Fsp3) is 0. The average molecular weight is 660 g/mol. The fourth-order valence-electron chi connectivity index (χ4n) is 7.36. The maximum atomic E-state index is 2.39. The Hall–Kier alpha value is -5.74. The highest BCUT2D eigenvalue weighted by atomic mass is 32.1. The van der Waals surface area contributed by atoms with E-state index in [2.05, 4.69) is 181 Å². The van der Waals surface area contributed by atoms with Gasteiger partial charge in [0.25, 0.3) is 0 Å². The minimum atomic E-state index is 1.13. The molecule has 0 bridgehead atoms. The molecule has 0 saturated carbocycles. The van der Waals surface area contributed by atoms with E-state index in [4.69, 9.17) is 0 Å². The van der Waals surface area contributed by atoms with Gasteiger partial charge in [0.2, 0.25) is 0 Å². The number of rotatable bonds is 5. The van der Waals surface area contributed by atoms with Crippen LogP contribution in [0.2, 0.25) is 0 Å². The molecule has 10 aromatic rings. The largest absolute Gasteiger partial charge is 0.310 e. The molecule has 1 nitrogen and oxygen atoms in total. The number of benzene rings is 8. The van der Waals surface area contributed by atoms with Crippen LogP contribution in [0.25, 0.3) is 73.4 Å². The molecule has 0 fully saturated rings. The molecule has 2 aromatic heterocycles. The highest BCUT2D eigenvalue weighted by molar-refractivity contribution is 7.26. The Labute approximate surface area is 292 Å². The van der Waals surface area contributed by atoms with Crippen LogP contribution < -0.4 is 4.90 Å². The van der Waals surface area contributed by atoms with Crippen LogP contribution in [0.15, 0.2) is 176 Å². The van der Waals surface area contributed by atoms with E-state index in [0.717, 1.165) is 17.1 Å². The number of anilines is 3. The Bertz CT molecular complexity index is 2810. The van der Waals surface area contributed by atoms with Gasteiger partial charge in [-0.2, -0.15) is 0 Å². The lowest BCUT2D eigenvalue weighted by Crippen LogP contribution is -2.09. The first-order valence-electron chi connectivity index (χ1n) is 16.6. The summed E-state index contributed by atoms with van der Waals surface area (Å²) in [5.74, 6) is 0. The van der Waals surface area contributed by atoms with Gasteiger partial charge >= 0.3 is 0 Å². The van der Waals surface area contributed by atoms with Gasteiger partial charge in [-0.05, 0) is 93.7 Å². The van der Waals surface area contributed by atoms with E-state index in [-0.39, 0.29) is 0 Å². The van der Waals surface area contributed by atoms with E-state index < -0.39 is 0 Å². The monoisotopic (exact) mass is 659 g/mol. The first-order valence-corrected chi connectivity index (χ1v) is 18.2. The fourth-order valence-corrected chi connectivity index (χ4v) is 9.61. The van der Waals surface area contributed by atoms with Crippen molar-refractivity contribution in [3.63, 3.8) is 0 Å². The molecule has 0 aliphatic heterocycles. The molecule has 49 heavy (non-hydrogen) atoms. The summed E-state index contributed by atoms with van der Waals surface area (Å²) in [6, 6.07) is 64.4. The van der Waals surface area contributed by atoms with Crippen LogP contribution in [0.1, 0.15) is 0 Å². The van der Waals surface area contributed by atoms with Crippen LogP contribution in [-0.2, 0) is 0 Å². The smallest absolute Gasteiger partial charge is 0.0468 e. The zero-order valence-corrected chi connectivity index (χ0v) is 28.1. The highest BCUT2D eigenvalue weighted by Crippen LogP contribution is 2.44. The van der Waals surface area contributed by atoms with Crippen molar-refractivity contribution in [2.75, 3.05) is 4.90 Å². The second-order valence-electron chi connectivity index (χ2n) is 12.5. The molecule has 0 aliphatic rings. The van der Waals surface area contributed by atoms with Gasteiger partial charge in [-0.15, -0.1) is 22.7 Å². The molecule has 8 aromatic carbocycles. The summed E-state index contributed by atoms with van der Waals surface area (Å²) in [7, 11) is 0. The predicted molar refractivity (Wildman–Crippen MR) is 215 cm³/mol. The molecule has 0 spiro atoms. The van der Waals surface area contributed by atoms with Crippen LogP contribution in [0.5, 0.6) is 0 Å². The van der Waals surface area contributed by atoms with Crippen LogP contribution in [0.4, 0.5) is 17.1 Å². The lowest BCUT2D eigenvalue weighted by atomic mass is 9.98. The van der Waals surface area contributed by atoms with Crippen molar-refractivity contribution in [2.45, 2.75) is 0 Å². The van der Waals surface area contributed by atoms with Crippen molar-refractivity contribution < 1.29 is 0 Å². The summed E-state index contributed by atoms with van der Waals surface area (Å²) >= 11 is 3.74. The summed E-state index contributed by atoms with van der Waals surface area (Å²) in [5, 5.41) is 7.86. The highest BCUT2D eigenvalue weighted by Gasteiger charge is 2.17. The number of thiophene rings is 2. The molecule has 0 amide bonds. The van der Waals surface area contributed by atoms with E-state index in [1.807, 2.05) is 22.7 Å². The standard InChI is InChI=1S/C46H29NS2/c1-2-9-30(10-3-1)31-17-23-34(24-18-31)47(36-27-21-33-22-28-44-46(40(33)29-36)39-12-5-7-15-42(39)49-44)35-25-19-32(20-26-35)37-13-8-16-43-45(37)38-11-4-6-14-41(38)48-43/h1-29H. The summed E-state index contributed by atoms with van der Waals surface area (Å²) in [5.41, 5.74) is 8.32. The zero-order chi connectivity index (χ0) is 32.3. The van der Waals surface area contributed by atoms with Gasteiger partial charge in [-0.3, -0.25) is 0 Å². The number of hydrogen-bond donors (Lipinski definition) is 0. The topological polar surface area (TPSA) is 3.24 Å². The molecule has 10 rings (SSSR count). The van der Waals surface area contributed by atoms with Crippen molar-refractivity contribution in [3.05, 3.63) is 176 Å². The molecule has 3 heteroatoms. The minimum Gasteiger partial charge on any atom is -0.310 e. The predicted octanol–water partition coefficient (Wildman–Crippen LogP) is 14.4. The Morgan fingerprint density at radius 3 is 1.57 bits per heavy atom. The third-order valence-electron chi connectivity index (χ3n) is 9.67. The van der Waals surface area contributed by atoms with E-state index in [1.54, 1.807) is 0 Å². The Kier molecular flexibility index (Phi) is 6.61. The maximum Gasteiger partial charge on any atom is 0.0468 e. The molecule has 0 unspecified atom stereocenters. The third kappa shape index (κ3) is 4.74. The van der Waals surface area contributed by atoms with Crippen LogP contribution >= 0.6 is 22.7 Å². The summed E-state index contributed by atoms with van der Waals surface area (Å²) < 4.78 is 5.30. The average Bonchev–Trinajstić information content (AvgIpc) is 3.75. The molecule has 0 saturated heterocycles. The quantitative estimate of drug-likeness (QED) is 0.178. The van der Waals surface area contributed by atoms with E-state index >= 15 is 0 Å². The minimum absolute atomic E-state index is 1.13. The first-order chi connectivity index (χ1) is 24.3. The van der Waals surface area contributed by atoms with Crippen LogP contribution in [-0.4, -0.2) is 0 Å². The molecular weight excluding hydrogens is 631 g/mol. The lowest BCUT2D eigenvalue weighted by Gasteiger charge is -2.26. The van der Waals surface area contributed by atoms with E-state index in [0.29, 0.717) is 0 Å². The van der Waals surface area contributed by atoms with Gasteiger partial charge in [-0.25, -0.2) is 0 Å². The number of hydrogen-bond acceptors (Lipinski definition) is 3. The Balaban J connectivity index is 1.14. The van der Waals surface area contributed by atoms with Gasteiger partial charge in [0, 0.05) is 57.4 Å². The van der Waals surface area contributed by atoms with Crippen LogP contribution in [0.3, 0.4) is 0 Å². The normalized spacial score (nSPS) is 11.7. The maximum absolute atomic E-state index is 2.39. The zero-order valence-electron chi connectivity index (χ0n) is 26.5. The number of nitrogens with zero attached hydrogens (tertiary/aromatic N) is 1. The second kappa shape index (κ2) is 11.5. The van der Waals surface area contributed by atoms with E-state index in [9.17, 15) is 0 Å². The van der Waals surface area contributed by atoms with E-state index in [1.165, 1.54) is 73.4 Å². The van der Waals surface area contributed by atoms with Crippen molar-refractivity contribution >= 4 is 90.9 Å². The summed E-state index contributed by atoms with van der Waals surface area (Å²) in [6.45, 7) is 0. The first kappa shape index (κ1) is 28.3. The van der Waals surface area contributed by atoms with Crippen LogP contribution in [0, 0.1) is 0 Å². The second-order valence-corrected chi connectivity index (χ2v) is 14.7. The Morgan fingerprint density at radius 1 is 0.327 bits per heavy atom. The van der Waals surface area contributed by atoms with Crippen molar-refractivity contribution in [1.82, 2.24) is 0 Å². The summed E-state index contributed by atoms with van der Waals surface area (Å²) in [4.78, 5) is 2.39. The van der Waals surface area contributed by atoms with Crippen molar-refractivity contribution in [2.24, 2.45) is 0 Å². The van der Waals surface area contributed by atoms with Gasteiger partial charge in [0.1, 0.15) is 0 Å². The molecular formula is C46H29NS2. The SMILES string of the molecule is c1ccc(-c2ccc(N(c3ccc(-c4cccc5sc6ccccc6c45)cc3)c3ccc4ccc5sc6ccccc6c5c4c3)cc2)cc1. The Morgan fingerprint density at radius 2 is 0.857 bits per heavy atom. The van der Waals surface area contributed by atoms with Crippen molar-refractivity contribution in [1.29, 1.82) is 0 Å². The molecule has 2 heterocycles. The van der Waals surface area contributed by atoms with Gasteiger partial charge < -0.3 is 4.90 Å². The van der Waals surface area contributed by atoms with Gasteiger partial charge in [0.05, 0.1) is 0 Å². The van der Waals surface area contributed by atoms with Gasteiger partial charge in [0.15, 0.2) is 0 Å². The third-order valence-corrected chi connectivity index (χ3v) is 11.9. The number of fused-ring (bicyclic) bond motifs is 8. The molecule has 0 atom stereocenters. The molecule has 0 aliphatic carbocycles. The molecule has 230 valence electrons.